The monoisotopic (exact) mass is 266 g/mol. The van der Waals surface area contributed by atoms with Crippen molar-refractivity contribution < 1.29 is 23.9 Å². The second-order valence-electron chi connectivity index (χ2n) is 3.71. The third-order valence-corrected chi connectivity index (χ3v) is 2.37. The molecule has 7 nitrogen and oxygen atoms in total. The molecule has 0 radical (unpaired) electrons. The van der Waals surface area contributed by atoms with Crippen LogP contribution < -0.4 is 20.3 Å². The second-order valence-corrected chi connectivity index (χ2v) is 3.71. The molecule has 1 aliphatic rings. The number of hydrogen-bond acceptors (Lipinski definition) is 5. The first-order chi connectivity index (χ1) is 9.20. The lowest BCUT2D eigenvalue weighted by atomic mass is 10.2. The van der Waals surface area contributed by atoms with Gasteiger partial charge in [-0.3, -0.25) is 14.4 Å². The Kier molecular flexibility index (Phi) is 4.19. The lowest BCUT2D eigenvalue weighted by Crippen LogP contribution is -2.36. The summed E-state index contributed by atoms with van der Waals surface area (Å²) in [5.41, 5.74) is 2.58. The summed E-state index contributed by atoms with van der Waals surface area (Å²) in [6.45, 7) is 2.10. The largest absolute Gasteiger partial charge is 0.454 e. The molecular formula is C12H14N2O5. The highest BCUT2D eigenvalue weighted by Crippen LogP contribution is 2.32. The smallest absolute Gasteiger partial charge is 0.262 e. The van der Waals surface area contributed by atoms with E-state index in [1.165, 1.54) is 0 Å². The number of ether oxygens (including phenoxy) is 2. The Morgan fingerprint density at radius 2 is 2.11 bits per heavy atom. The Bertz CT molecular complexity index is 489. The number of nitrogens with one attached hydrogen (secondary N) is 2. The molecule has 1 aliphatic heterocycles. The number of hydroxylamine groups is 1. The molecule has 0 spiro atoms. The van der Waals surface area contributed by atoms with E-state index >= 15 is 0 Å². The third-order valence-electron chi connectivity index (χ3n) is 2.37. The summed E-state index contributed by atoms with van der Waals surface area (Å²) in [6.07, 6.45) is 0. The minimum atomic E-state index is -0.420. The van der Waals surface area contributed by atoms with Crippen molar-refractivity contribution in [2.45, 2.75) is 6.92 Å². The van der Waals surface area contributed by atoms with E-state index < -0.39 is 5.91 Å². The van der Waals surface area contributed by atoms with E-state index in [2.05, 4.69) is 10.8 Å². The predicted octanol–water partition coefficient (Wildman–Crippen LogP) is 0.213. The summed E-state index contributed by atoms with van der Waals surface area (Å²) in [5, 5.41) is 2.47. The van der Waals surface area contributed by atoms with Crippen LogP contribution in [0.25, 0.3) is 0 Å². The summed E-state index contributed by atoms with van der Waals surface area (Å²) >= 11 is 0. The fourth-order valence-corrected chi connectivity index (χ4v) is 1.49. The van der Waals surface area contributed by atoms with E-state index in [4.69, 9.17) is 14.3 Å². The highest BCUT2D eigenvalue weighted by atomic mass is 16.7. The Balaban J connectivity index is 1.88. The van der Waals surface area contributed by atoms with E-state index in [0.29, 0.717) is 23.7 Å². The molecule has 1 aromatic carbocycles. The molecule has 102 valence electrons. The van der Waals surface area contributed by atoms with Crippen molar-refractivity contribution in [1.82, 2.24) is 10.8 Å². The van der Waals surface area contributed by atoms with Crippen LogP contribution in [0.1, 0.15) is 17.3 Å². The van der Waals surface area contributed by atoms with Crippen molar-refractivity contribution >= 4 is 11.8 Å². The van der Waals surface area contributed by atoms with E-state index in [1.807, 2.05) is 0 Å². The van der Waals surface area contributed by atoms with E-state index in [1.54, 1.807) is 25.1 Å². The van der Waals surface area contributed by atoms with E-state index in [9.17, 15) is 9.59 Å². The summed E-state index contributed by atoms with van der Waals surface area (Å²) in [5.74, 6) is 0.331. The average molecular weight is 266 g/mol. The van der Waals surface area contributed by atoms with Gasteiger partial charge in [0, 0.05) is 5.56 Å². The minimum Gasteiger partial charge on any atom is -0.454 e. The van der Waals surface area contributed by atoms with Crippen LogP contribution in [0.5, 0.6) is 11.5 Å². The second kappa shape index (κ2) is 6.05. The quantitative estimate of drug-likeness (QED) is 0.744. The highest BCUT2D eigenvalue weighted by molar-refractivity contribution is 5.96. The van der Waals surface area contributed by atoms with Gasteiger partial charge in [0.25, 0.3) is 11.8 Å². The standard InChI is InChI=1S/C12H14N2O5/c1-2-19-14-11(15)6-13-12(16)8-3-4-9-10(5-8)18-7-17-9/h3-5H,2,6-7H2,1H3,(H,13,16)(H,14,15). The van der Waals surface area contributed by atoms with Gasteiger partial charge in [-0.2, -0.15) is 0 Å². The van der Waals surface area contributed by atoms with Crippen LogP contribution in [0.2, 0.25) is 0 Å². The molecule has 2 rings (SSSR count). The molecule has 2 amide bonds. The van der Waals surface area contributed by atoms with Crippen LogP contribution in [0.3, 0.4) is 0 Å². The van der Waals surface area contributed by atoms with E-state index in [-0.39, 0.29) is 19.2 Å². The minimum absolute atomic E-state index is 0.150. The van der Waals surface area contributed by atoms with Crippen molar-refractivity contribution in [1.29, 1.82) is 0 Å². The van der Waals surface area contributed by atoms with Gasteiger partial charge in [0.15, 0.2) is 11.5 Å². The van der Waals surface area contributed by atoms with Crippen LogP contribution in [0.4, 0.5) is 0 Å². The summed E-state index contributed by atoms with van der Waals surface area (Å²) in [7, 11) is 0. The van der Waals surface area contributed by atoms with Gasteiger partial charge in [0.2, 0.25) is 6.79 Å². The van der Waals surface area contributed by atoms with Gasteiger partial charge in [-0.15, -0.1) is 0 Å². The molecular weight excluding hydrogens is 252 g/mol. The van der Waals surface area contributed by atoms with Crippen LogP contribution in [-0.4, -0.2) is 31.8 Å². The maximum absolute atomic E-state index is 11.8. The summed E-state index contributed by atoms with van der Waals surface area (Å²) in [6, 6.07) is 4.82. The zero-order valence-electron chi connectivity index (χ0n) is 10.4. The first-order valence-corrected chi connectivity index (χ1v) is 5.79. The number of benzene rings is 1. The number of rotatable bonds is 5. The van der Waals surface area contributed by atoms with Crippen molar-refractivity contribution in [3.63, 3.8) is 0 Å². The molecule has 0 saturated heterocycles. The van der Waals surface area contributed by atoms with Gasteiger partial charge in [-0.05, 0) is 25.1 Å². The maximum Gasteiger partial charge on any atom is 0.262 e. The van der Waals surface area contributed by atoms with Crippen molar-refractivity contribution in [3.8, 4) is 11.5 Å². The lowest BCUT2D eigenvalue weighted by molar-refractivity contribution is -0.132. The molecule has 0 saturated carbocycles. The predicted molar refractivity (Wildman–Crippen MR) is 64.7 cm³/mol. The topological polar surface area (TPSA) is 85.9 Å². The van der Waals surface area contributed by atoms with Gasteiger partial charge in [0.1, 0.15) is 0 Å². The Labute approximate surface area is 109 Å². The van der Waals surface area contributed by atoms with Crippen LogP contribution >= 0.6 is 0 Å². The van der Waals surface area contributed by atoms with Gasteiger partial charge >= 0.3 is 0 Å². The Hall–Kier alpha value is -2.28. The summed E-state index contributed by atoms with van der Waals surface area (Å²) in [4.78, 5) is 27.7. The fraction of sp³-hybridized carbons (Fsp3) is 0.333. The number of amides is 2. The molecule has 0 fully saturated rings. The van der Waals surface area contributed by atoms with Gasteiger partial charge < -0.3 is 14.8 Å². The maximum atomic E-state index is 11.8. The van der Waals surface area contributed by atoms with Gasteiger partial charge in [-0.1, -0.05) is 0 Å². The highest BCUT2D eigenvalue weighted by Gasteiger charge is 2.16. The number of hydrogen-bond donors (Lipinski definition) is 2. The van der Waals surface area contributed by atoms with Gasteiger partial charge in [-0.25, -0.2) is 5.48 Å². The SMILES string of the molecule is CCONC(=O)CNC(=O)c1ccc2c(c1)OCO2. The van der Waals surface area contributed by atoms with Crippen molar-refractivity contribution in [2.24, 2.45) is 0 Å². The first-order valence-electron chi connectivity index (χ1n) is 5.79. The molecule has 1 heterocycles. The van der Waals surface area contributed by atoms with Gasteiger partial charge in [0.05, 0.1) is 13.2 Å². The van der Waals surface area contributed by atoms with Crippen LogP contribution in [0, 0.1) is 0 Å². The van der Waals surface area contributed by atoms with Crippen LogP contribution in [0.15, 0.2) is 18.2 Å². The third kappa shape index (κ3) is 3.35. The molecule has 19 heavy (non-hydrogen) atoms. The molecule has 0 atom stereocenters. The van der Waals surface area contributed by atoms with Crippen LogP contribution in [-0.2, 0) is 9.63 Å². The average Bonchev–Trinajstić information content (AvgIpc) is 2.89. The lowest BCUT2D eigenvalue weighted by Gasteiger charge is -2.06. The first kappa shape index (κ1) is 13.2. The fourth-order valence-electron chi connectivity index (χ4n) is 1.49. The normalized spacial score (nSPS) is 12.1. The van der Waals surface area contributed by atoms with Crippen molar-refractivity contribution in [2.75, 3.05) is 19.9 Å². The van der Waals surface area contributed by atoms with E-state index in [0.717, 1.165) is 0 Å². The molecule has 0 bridgehead atoms. The molecule has 2 N–H and O–H groups in total. The summed E-state index contributed by atoms with van der Waals surface area (Å²) < 4.78 is 10.3. The Morgan fingerprint density at radius 1 is 1.32 bits per heavy atom. The zero-order valence-corrected chi connectivity index (χ0v) is 10.4. The number of carbonyl (C=O) groups excluding carboxylic acids is 2. The molecule has 7 heteroatoms. The zero-order chi connectivity index (χ0) is 13.7. The molecule has 0 aromatic heterocycles. The molecule has 0 unspecified atom stereocenters. The number of fused-ring (bicyclic) bond motifs is 1. The van der Waals surface area contributed by atoms with Crippen molar-refractivity contribution in [3.05, 3.63) is 23.8 Å². The molecule has 1 aromatic rings. The Morgan fingerprint density at radius 3 is 2.89 bits per heavy atom. The molecule has 0 aliphatic carbocycles. The number of carbonyl (C=O) groups is 2.